The largest absolute Gasteiger partial charge is 0.439 e. The number of nitrogens with zero attached hydrogens (tertiary/aromatic N) is 4. The van der Waals surface area contributed by atoms with Crippen LogP contribution in [0.5, 0.6) is 11.6 Å². The van der Waals surface area contributed by atoms with Gasteiger partial charge in [-0.3, -0.25) is 9.59 Å². The van der Waals surface area contributed by atoms with E-state index >= 15 is 0 Å². The van der Waals surface area contributed by atoms with E-state index in [2.05, 4.69) is 15.3 Å². The molecular formula is C28H27N5O3. The zero-order valence-corrected chi connectivity index (χ0v) is 20.4. The molecule has 2 aromatic carbocycles. The fourth-order valence-electron chi connectivity index (χ4n) is 4.19. The van der Waals surface area contributed by atoms with Crippen LogP contribution in [0.1, 0.15) is 23.4 Å². The quantitative estimate of drug-likeness (QED) is 0.420. The summed E-state index contributed by atoms with van der Waals surface area (Å²) in [7, 11) is 0. The van der Waals surface area contributed by atoms with Gasteiger partial charge in [-0.15, -0.1) is 0 Å². The number of carbonyl (C=O) groups is 2. The molecule has 8 heteroatoms. The fraction of sp³-hybridized carbons (Fsp3) is 0.214. The molecule has 182 valence electrons. The summed E-state index contributed by atoms with van der Waals surface area (Å²) in [5.41, 5.74) is 3.76. The van der Waals surface area contributed by atoms with Crippen LogP contribution in [-0.4, -0.2) is 32.9 Å². The lowest BCUT2D eigenvalue weighted by molar-refractivity contribution is -0.122. The molecular weight excluding hydrogens is 454 g/mol. The number of amides is 2. The van der Waals surface area contributed by atoms with E-state index in [0.29, 0.717) is 35.5 Å². The van der Waals surface area contributed by atoms with Crippen molar-refractivity contribution in [1.82, 2.24) is 14.5 Å². The number of aryl methyl sites for hydroxylation is 3. The second-order valence-corrected chi connectivity index (χ2v) is 8.99. The molecule has 3 heterocycles. The van der Waals surface area contributed by atoms with E-state index in [4.69, 9.17) is 4.74 Å². The summed E-state index contributed by atoms with van der Waals surface area (Å²) in [5, 5.41) is 2.92. The zero-order valence-electron chi connectivity index (χ0n) is 20.4. The molecule has 36 heavy (non-hydrogen) atoms. The normalized spacial score (nSPS) is 15.2. The Labute approximate surface area is 209 Å². The van der Waals surface area contributed by atoms with Crippen molar-refractivity contribution in [1.29, 1.82) is 0 Å². The van der Waals surface area contributed by atoms with Gasteiger partial charge in [-0.1, -0.05) is 6.07 Å². The maximum atomic E-state index is 12.9. The molecule has 0 radical (unpaired) electrons. The van der Waals surface area contributed by atoms with Gasteiger partial charge in [-0.25, -0.2) is 4.98 Å². The van der Waals surface area contributed by atoms with E-state index < -0.39 is 5.92 Å². The molecule has 1 N–H and O–H groups in total. The van der Waals surface area contributed by atoms with Crippen LogP contribution in [-0.2, 0) is 9.59 Å². The molecule has 1 saturated heterocycles. The van der Waals surface area contributed by atoms with Gasteiger partial charge < -0.3 is 19.5 Å². The van der Waals surface area contributed by atoms with Crippen molar-refractivity contribution in [2.24, 2.45) is 5.92 Å². The Morgan fingerprint density at radius 1 is 0.972 bits per heavy atom. The topological polar surface area (TPSA) is 89.3 Å². The first-order valence-electron chi connectivity index (χ1n) is 11.8. The lowest BCUT2D eigenvalue weighted by Gasteiger charge is -2.18. The second kappa shape index (κ2) is 9.65. The highest BCUT2D eigenvalue weighted by atomic mass is 16.5. The third-order valence-electron chi connectivity index (χ3n) is 6.31. The average Bonchev–Trinajstić information content (AvgIpc) is 3.52. The number of aromatic nitrogens is 3. The molecule has 1 unspecified atom stereocenters. The van der Waals surface area contributed by atoms with Gasteiger partial charge in [0.25, 0.3) is 0 Å². The minimum atomic E-state index is -0.411. The number of carbonyl (C=O) groups excluding carboxylic acids is 2. The first kappa shape index (κ1) is 23.3. The molecule has 1 fully saturated rings. The molecule has 5 rings (SSSR count). The van der Waals surface area contributed by atoms with E-state index in [1.807, 2.05) is 68.1 Å². The smallest absolute Gasteiger partial charge is 0.229 e. The fourth-order valence-corrected chi connectivity index (χ4v) is 4.19. The Morgan fingerprint density at radius 3 is 2.44 bits per heavy atom. The minimum Gasteiger partial charge on any atom is -0.439 e. The van der Waals surface area contributed by atoms with E-state index in [-0.39, 0.29) is 18.2 Å². The Hall–Kier alpha value is -4.46. The van der Waals surface area contributed by atoms with Crippen molar-refractivity contribution in [2.45, 2.75) is 27.2 Å². The Balaban J connectivity index is 1.22. The van der Waals surface area contributed by atoms with E-state index in [1.165, 1.54) is 5.56 Å². The predicted octanol–water partition coefficient (Wildman–Crippen LogP) is 4.98. The van der Waals surface area contributed by atoms with Gasteiger partial charge in [0, 0.05) is 42.8 Å². The van der Waals surface area contributed by atoms with E-state index in [9.17, 15) is 9.59 Å². The van der Waals surface area contributed by atoms with Crippen LogP contribution < -0.4 is 15.0 Å². The SMILES string of the molecule is Cc1nc(Oc2ccc(NC(=O)C3CC(=O)N(c4ccc(C)c(C)c4)C3)cc2)cc(-n2cccc2)n1. The first-order chi connectivity index (χ1) is 17.4. The summed E-state index contributed by atoms with van der Waals surface area (Å²) < 4.78 is 7.81. The molecule has 2 aromatic heterocycles. The number of hydrogen-bond donors (Lipinski definition) is 1. The minimum absolute atomic E-state index is 0.0402. The van der Waals surface area contributed by atoms with Crippen LogP contribution >= 0.6 is 0 Å². The number of nitrogens with one attached hydrogen (secondary N) is 1. The van der Waals surface area contributed by atoms with Gasteiger partial charge in [0.1, 0.15) is 17.4 Å². The molecule has 1 atom stereocenters. The van der Waals surface area contributed by atoms with Crippen molar-refractivity contribution < 1.29 is 14.3 Å². The predicted molar refractivity (Wildman–Crippen MR) is 138 cm³/mol. The number of hydrogen-bond acceptors (Lipinski definition) is 5. The molecule has 1 aliphatic rings. The Morgan fingerprint density at radius 2 is 1.72 bits per heavy atom. The van der Waals surface area contributed by atoms with Crippen LogP contribution in [0.25, 0.3) is 5.82 Å². The molecule has 8 nitrogen and oxygen atoms in total. The summed E-state index contributed by atoms with van der Waals surface area (Å²) in [6.07, 6.45) is 4.00. The molecule has 1 aliphatic heterocycles. The van der Waals surface area contributed by atoms with Gasteiger partial charge in [0.2, 0.25) is 17.7 Å². The van der Waals surface area contributed by atoms with Crippen molar-refractivity contribution in [2.75, 3.05) is 16.8 Å². The highest BCUT2D eigenvalue weighted by Crippen LogP contribution is 2.28. The first-order valence-corrected chi connectivity index (χ1v) is 11.8. The monoisotopic (exact) mass is 481 g/mol. The van der Waals surface area contributed by atoms with Crippen LogP contribution in [0.3, 0.4) is 0 Å². The van der Waals surface area contributed by atoms with Crippen molar-refractivity contribution in [3.63, 3.8) is 0 Å². The van der Waals surface area contributed by atoms with E-state index in [1.54, 1.807) is 35.2 Å². The number of rotatable bonds is 6. The molecule has 0 bridgehead atoms. The third-order valence-corrected chi connectivity index (χ3v) is 6.31. The summed E-state index contributed by atoms with van der Waals surface area (Å²) in [6.45, 7) is 6.23. The lowest BCUT2D eigenvalue weighted by Crippen LogP contribution is -2.28. The number of benzene rings is 2. The maximum absolute atomic E-state index is 12.9. The second-order valence-electron chi connectivity index (χ2n) is 8.99. The number of anilines is 2. The van der Waals surface area contributed by atoms with Gasteiger partial charge in [-0.05, 0) is 80.4 Å². The highest BCUT2D eigenvalue weighted by Gasteiger charge is 2.35. The highest BCUT2D eigenvalue weighted by molar-refractivity contribution is 6.03. The Bertz CT molecular complexity index is 1410. The van der Waals surface area contributed by atoms with Crippen LogP contribution in [0.2, 0.25) is 0 Å². The van der Waals surface area contributed by atoms with Gasteiger partial charge >= 0.3 is 0 Å². The number of ether oxygens (including phenoxy) is 1. The molecule has 2 amide bonds. The lowest BCUT2D eigenvalue weighted by atomic mass is 10.1. The summed E-state index contributed by atoms with van der Waals surface area (Å²) in [4.78, 5) is 36.0. The van der Waals surface area contributed by atoms with Crippen LogP contribution in [0.15, 0.2) is 73.1 Å². The summed E-state index contributed by atoms with van der Waals surface area (Å²) >= 11 is 0. The van der Waals surface area contributed by atoms with Crippen LogP contribution in [0.4, 0.5) is 11.4 Å². The summed E-state index contributed by atoms with van der Waals surface area (Å²) in [5.74, 6) is 1.70. The van der Waals surface area contributed by atoms with Crippen molar-refractivity contribution >= 4 is 23.2 Å². The van der Waals surface area contributed by atoms with Crippen LogP contribution in [0, 0.1) is 26.7 Å². The summed E-state index contributed by atoms with van der Waals surface area (Å²) in [6, 6.07) is 18.6. The zero-order chi connectivity index (χ0) is 25.2. The third kappa shape index (κ3) is 4.98. The molecule has 0 aliphatic carbocycles. The molecule has 4 aromatic rings. The van der Waals surface area contributed by atoms with Gasteiger partial charge in [0.05, 0.1) is 5.92 Å². The van der Waals surface area contributed by atoms with E-state index in [0.717, 1.165) is 11.3 Å². The van der Waals surface area contributed by atoms with Gasteiger partial charge in [0.15, 0.2) is 0 Å². The van der Waals surface area contributed by atoms with Crippen molar-refractivity contribution in [3.8, 4) is 17.4 Å². The maximum Gasteiger partial charge on any atom is 0.229 e. The standard InChI is InChI=1S/C28H27N5O3/c1-18-6-9-23(14-19(18)2)33-17-21(15-27(33)34)28(35)31-22-7-10-24(11-8-22)36-26-16-25(29-20(3)30-26)32-12-4-5-13-32/h4-14,16,21H,15,17H2,1-3H3,(H,31,35). The molecule has 0 spiro atoms. The van der Waals surface area contributed by atoms with Crippen molar-refractivity contribution in [3.05, 3.63) is 90.0 Å². The molecule has 0 saturated carbocycles. The van der Waals surface area contributed by atoms with Gasteiger partial charge in [-0.2, -0.15) is 4.98 Å². The Kier molecular flexibility index (Phi) is 6.25. The average molecular weight is 482 g/mol.